The highest BCUT2D eigenvalue weighted by Gasteiger charge is 2.30. The highest BCUT2D eigenvalue weighted by Crippen LogP contribution is 2.32. The summed E-state index contributed by atoms with van der Waals surface area (Å²) in [5.41, 5.74) is 5.54. The lowest BCUT2D eigenvalue weighted by Gasteiger charge is -2.34. The first kappa shape index (κ1) is 9.93. The molecule has 0 amide bonds. The minimum atomic E-state index is 0.301. The minimum absolute atomic E-state index is 0.301. The summed E-state index contributed by atoms with van der Waals surface area (Å²) >= 11 is 3.40. The van der Waals surface area contributed by atoms with Crippen LogP contribution >= 0.6 is 15.9 Å². The molecule has 14 heavy (non-hydrogen) atoms. The van der Waals surface area contributed by atoms with Crippen molar-refractivity contribution in [3.63, 3.8) is 0 Å². The summed E-state index contributed by atoms with van der Waals surface area (Å²) in [6.45, 7) is 0.767. The van der Waals surface area contributed by atoms with Gasteiger partial charge in [-0.15, -0.1) is 0 Å². The van der Waals surface area contributed by atoms with Crippen molar-refractivity contribution < 1.29 is 4.74 Å². The van der Waals surface area contributed by atoms with E-state index in [1.165, 1.54) is 0 Å². The summed E-state index contributed by atoms with van der Waals surface area (Å²) in [7, 11) is 0. The molecule has 1 aromatic rings. The van der Waals surface area contributed by atoms with Gasteiger partial charge >= 0.3 is 0 Å². The van der Waals surface area contributed by atoms with Crippen molar-refractivity contribution in [3.05, 3.63) is 22.8 Å². The molecule has 3 nitrogen and oxygen atoms in total. The van der Waals surface area contributed by atoms with Gasteiger partial charge in [0.2, 0.25) is 5.88 Å². The molecule has 2 rings (SSSR count). The van der Waals surface area contributed by atoms with Crippen LogP contribution < -0.4 is 10.5 Å². The summed E-state index contributed by atoms with van der Waals surface area (Å²) in [4.78, 5) is 4.15. The first-order chi connectivity index (χ1) is 6.79. The predicted molar refractivity (Wildman–Crippen MR) is 58.1 cm³/mol. The molecule has 0 bridgehead atoms. The van der Waals surface area contributed by atoms with Gasteiger partial charge < -0.3 is 10.5 Å². The molecule has 1 aliphatic carbocycles. The van der Waals surface area contributed by atoms with Crippen molar-refractivity contribution in [1.29, 1.82) is 0 Å². The summed E-state index contributed by atoms with van der Waals surface area (Å²) in [6, 6.07) is 3.81. The zero-order chi connectivity index (χ0) is 9.97. The highest BCUT2D eigenvalue weighted by atomic mass is 79.9. The van der Waals surface area contributed by atoms with Gasteiger partial charge in [-0.25, -0.2) is 4.98 Å². The Bertz CT molecular complexity index is 313. The molecule has 0 aliphatic heterocycles. The average Bonchev–Trinajstić information content (AvgIpc) is 2.13. The second-order valence-electron chi connectivity index (χ2n) is 3.60. The minimum Gasteiger partial charge on any atom is -0.474 e. The van der Waals surface area contributed by atoms with Gasteiger partial charge in [0.1, 0.15) is 6.10 Å². The molecule has 0 aromatic carbocycles. The third kappa shape index (κ3) is 2.07. The van der Waals surface area contributed by atoms with Gasteiger partial charge in [0.05, 0.1) is 4.47 Å². The maximum Gasteiger partial charge on any atom is 0.228 e. The monoisotopic (exact) mass is 256 g/mol. The van der Waals surface area contributed by atoms with Gasteiger partial charge in [-0.3, -0.25) is 0 Å². The number of nitrogens with zero attached hydrogens (tertiary/aromatic N) is 1. The number of aromatic nitrogens is 1. The van der Waals surface area contributed by atoms with E-state index in [0.29, 0.717) is 17.9 Å². The fourth-order valence-corrected chi connectivity index (χ4v) is 1.93. The number of ether oxygens (including phenoxy) is 1. The summed E-state index contributed by atoms with van der Waals surface area (Å²) in [5, 5.41) is 0. The number of nitrogens with two attached hydrogens (primary N) is 1. The second-order valence-corrected chi connectivity index (χ2v) is 4.46. The summed E-state index contributed by atoms with van der Waals surface area (Å²) in [6.07, 6.45) is 4.15. The van der Waals surface area contributed by atoms with Crippen LogP contribution in [-0.2, 0) is 0 Å². The molecule has 0 saturated heterocycles. The van der Waals surface area contributed by atoms with Crippen LogP contribution in [0, 0.1) is 5.92 Å². The number of hydrogen-bond donors (Lipinski definition) is 1. The maximum absolute atomic E-state index is 5.70. The van der Waals surface area contributed by atoms with E-state index in [4.69, 9.17) is 10.5 Å². The van der Waals surface area contributed by atoms with Crippen molar-refractivity contribution in [2.75, 3.05) is 6.54 Å². The van der Waals surface area contributed by atoms with Crippen molar-refractivity contribution in [3.8, 4) is 5.88 Å². The van der Waals surface area contributed by atoms with Gasteiger partial charge in [0.15, 0.2) is 0 Å². The molecule has 0 unspecified atom stereocenters. The Labute approximate surface area is 91.8 Å². The van der Waals surface area contributed by atoms with E-state index < -0.39 is 0 Å². The van der Waals surface area contributed by atoms with E-state index in [1.54, 1.807) is 6.20 Å². The Morgan fingerprint density at radius 1 is 1.57 bits per heavy atom. The topological polar surface area (TPSA) is 48.1 Å². The van der Waals surface area contributed by atoms with Crippen LogP contribution in [-0.4, -0.2) is 17.6 Å². The van der Waals surface area contributed by atoms with Gasteiger partial charge in [0, 0.05) is 6.20 Å². The van der Waals surface area contributed by atoms with Crippen LogP contribution in [0.5, 0.6) is 5.88 Å². The number of rotatable bonds is 3. The van der Waals surface area contributed by atoms with E-state index in [0.717, 1.165) is 23.9 Å². The quantitative estimate of drug-likeness (QED) is 0.900. The van der Waals surface area contributed by atoms with Gasteiger partial charge in [-0.1, -0.05) is 0 Å². The Morgan fingerprint density at radius 3 is 3.00 bits per heavy atom. The van der Waals surface area contributed by atoms with Crippen LogP contribution in [0.15, 0.2) is 22.8 Å². The Kier molecular flexibility index (Phi) is 3.03. The second kappa shape index (κ2) is 4.28. The lowest BCUT2D eigenvalue weighted by molar-refractivity contribution is 0.0641. The van der Waals surface area contributed by atoms with E-state index in [1.807, 2.05) is 12.1 Å². The standard InChI is InChI=1S/C10H13BrN2O/c11-9-2-1-3-13-10(9)14-8-4-7(5-8)6-12/h1-3,7-8H,4-6,12H2. The SMILES string of the molecule is NCC1CC(Oc2ncccc2Br)C1. The zero-order valence-corrected chi connectivity index (χ0v) is 9.40. The Hall–Kier alpha value is -0.610. The van der Waals surface area contributed by atoms with E-state index in [9.17, 15) is 0 Å². The largest absolute Gasteiger partial charge is 0.474 e. The average molecular weight is 257 g/mol. The van der Waals surface area contributed by atoms with Gasteiger partial charge in [-0.05, 0) is 53.4 Å². The smallest absolute Gasteiger partial charge is 0.228 e. The van der Waals surface area contributed by atoms with Crippen molar-refractivity contribution in [2.24, 2.45) is 11.7 Å². The van der Waals surface area contributed by atoms with Gasteiger partial charge in [-0.2, -0.15) is 0 Å². The van der Waals surface area contributed by atoms with Crippen molar-refractivity contribution in [2.45, 2.75) is 18.9 Å². The number of hydrogen-bond acceptors (Lipinski definition) is 3. The molecule has 1 fully saturated rings. The zero-order valence-electron chi connectivity index (χ0n) is 7.82. The first-order valence-electron chi connectivity index (χ1n) is 4.77. The molecule has 1 heterocycles. The normalized spacial score (nSPS) is 25.6. The van der Waals surface area contributed by atoms with Crippen LogP contribution in [0.3, 0.4) is 0 Å². The molecular formula is C10H13BrN2O. The van der Waals surface area contributed by atoms with Crippen molar-refractivity contribution in [1.82, 2.24) is 4.98 Å². The number of pyridine rings is 1. The van der Waals surface area contributed by atoms with E-state index in [-0.39, 0.29) is 0 Å². The molecule has 0 atom stereocenters. The molecule has 0 radical (unpaired) electrons. The molecule has 76 valence electrons. The third-order valence-electron chi connectivity index (χ3n) is 2.53. The molecule has 1 aromatic heterocycles. The van der Waals surface area contributed by atoms with Crippen molar-refractivity contribution >= 4 is 15.9 Å². The van der Waals surface area contributed by atoms with Crippen LogP contribution in [0.25, 0.3) is 0 Å². The van der Waals surface area contributed by atoms with Gasteiger partial charge in [0.25, 0.3) is 0 Å². The lowest BCUT2D eigenvalue weighted by Crippen LogP contribution is -2.37. The summed E-state index contributed by atoms with van der Waals surface area (Å²) < 4.78 is 6.61. The van der Waals surface area contributed by atoms with E-state index >= 15 is 0 Å². The fourth-order valence-electron chi connectivity index (χ4n) is 1.58. The molecule has 1 saturated carbocycles. The van der Waals surface area contributed by atoms with Crippen LogP contribution in [0.2, 0.25) is 0 Å². The molecule has 4 heteroatoms. The van der Waals surface area contributed by atoms with Crippen LogP contribution in [0.1, 0.15) is 12.8 Å². The maximum atomic E-state index is 5.70. The number of halogens is 1. The fraction of sp³-hybridized carbons (Fsp3) is 0.500. The highest BCUT2D eigenvalue weighted by molar-refractivity contribution is 9.10. The molecule has 2 N–H and O–H groups in total. The first-order valence-corrected chi connectivity index (χ1v) is 5.56. The lowest BCUT2D eigenvalue weighted by atomic mass is 9.82. The molecular weight excluding hydrogens is 244 g/mol. The molecule has 1 aliphatic rings. The van der Waals surface area contributed by atoms with Crippen LogP contribution in [0.4, 0.5) is 0 Å². The third-order valence-corrected chi connectivity index (χ3v) is 3.13. The molecule has 0 spiro atoms. The summed E-state index contributed by atoms with van der Waals surface area (Å²) in [5.74, 6) is 1.33. The Morgan fingerprint density at radius 2 is 2.36 bits per heavy atom. The predicted octanol–water partition coefficient (Wildman–Crippen LogP) is 1.96. The Balaban J connectivity index is 1.90. The van der Waals surface area contributed by atoms with E-state index in [2.05, 4.69) is 20.9 Å².